The number of amides is 1. The summed E-state index contributed by atoms with van der Waals surface area (Å²) < 4.78 is 0. The van der Waals surface area contributed by atoms with Crippen molar-refractivity contribution in [2.45, 2.75) is 59.0 Å². The summed E-state index contributed by atoms with van der Waals surface area (Å²) in [4.78, 5) is 23.9. The highest BCUT2D eigenvalue weighted by Crippen LogP contribution is 2.25. The first-order chi connectivity index (χ1) is 12.6. The number of carbonyl (C=O) groups is 1. The Kier molecular flexibility index (Phi) is 5.86. The number of hydrogen-bond acceptors (Lipinski definition) is 4. The SMILES string of the molecule is CCC1CCCCN1c1cc(C(=O)NCc2cccc(C)c2)nc(C)n1. The highest BCUT2D eigenvalue weighted by molar-refractivity contribution is 5.92. The number of anilines is 1. The number of aryl methyl sites for hydroxylation is 2. The summed E-state index contributed by atoms with van der Waals surface area (Å²) in [5.74, 6) is 1.37. The number of rotatable bonds is 5. The second kappa shape index (κ2) is 8.30. The van der Waals surface area contributed by atoms with Gasteiger partial charge in [-0.05, 0) is 45.1 Å². The Morgan fingerprint density at radius 2 is 2.08 bits per heavy atom. The zero-order chi connectivity index (χ0) is 18.5. The molecule has 1 fully saturated rings. The summed E-state index contributed by atoms with van der Waals surface area (Å²) in [5.41, 5.74) is 2.72. The summed E-state index contributed by atoms with van der Waals surface area (Å²) in [6.45, 7) is 7.62. The van der Waals surface area contributed by atoms with E-state index >= 15 is 0 Å². The molecule has 1 N–H and O–H groups in total. The van der Waals surface area contributed by atoms with Crippen LogP contribution in [0.1, 0.15) is 60.0 Å². The van der Waals surface area contributed by atoms with Crippen molar-refractivity contribution in [3.8, 4) is 0 Å². The van der Waals surface area contributed by atoms with Crippen LogP contribution in [0.15, 0.2) is 30.3 Å². The van der Waals surface area contributed by atoms with Crippen LogP contribution in [0.5, 0.6) is 0 Å². The van der Waals surface area contributed by atoms with Gasteiger partial charge in [-0.15, -0.1) is 0 Å². The zero-order valence-corrected chi connectivity index (χ0v) is 16.0. The summed E-state index contributed by atoms with van der Waals surface area (Å²) in [5, 5.41) is 2.98. The van der Waals surface area contributed by atoms with Gasteiger partial charge in [0, 0.05) is 25.2 Å². The monoisotopic (exact) mass is 352 g/mol. The molecule has 1 aromatic heterocycles. The van der Waals surface area contributed by atoms with Gasteiger partial charge in [-0.25, -0.2) is 9.97 Å². The summed E-state index contributed by atoms with van der Waals surface area (Å²) in [7, 11) is 0. The maximum absolute atomic E-state index is 12.6. The van der Waals surface area contributed by atoms with E-state index in [0.717, 1.165) is 24.3 Å². The van der Waals surface area contributed by atoms with E-state index in [4.69, 9.17) is 0 Å². The molecule has 26 heavy (non-hydrogen) atoms. The van der Waals surface area contributed by atoms with Gasteiger partial charge < -0.3 is 10.2 Å². The van der Waals surface area contributed by atoms with Gasteiger partial charge in [-0.2, -0.15) is 0 Å². The number of hydrogen-bond donors (Lipinski definition) is 1. The molecule has 1 aromatic carbocycles. The zero-order valence-electron chi connectivity index (χ0n) is 16.0. The summed E-state index contributed by atoms with van der Waals surface area (Å²) in [6, 6.07) is 10.5. The molecule has 2 aromatic rings. The van der Waals surface area contributed by atoms with Crippen LogP contribution >= 0.6 is 0 Å². The molecular weight excluding hydrogens is 324 g/mol. The minimum atomic E-state index is -0.150. The van der Waals surface area contributed by atoms with Crippen molar-refractivity contribution in [2.75, 3.05) is 11.4 Å². The van der Waals surface area contributed by atoms with E-state index in [0.29, 0.717) is 24.1 Å². The van der Waals surface area contributed by atoms with E-state index in [1.54, 1.807) is 0 Å². The van der Waals surface area contributed by atoms with Gasteiger partial charge in [-0.3, -0.25) is 4.79 Å². The number of benzene rings is 1. The van der Waals surface area contributed by atoms with Crippen molar-refractivity contribution in [1.82, 2.24) is 15.3 Å². The van der Waals surface area contributed by atoms with Crippen LogP contribution < -0.4 is 10.2 Å². The third kappa shape index (κ3) is 4.40. The molecule has 1 saturated heterocycles. The Balaban J connectivity index is 1.75. The topological polar surface area (TPSA) is 58.1 Å². The van der Waals surface area contributed by atoms with Crippen molar-refractivity contribution in [3.05, 3.63) is 53.0 Å². The molecule has 0 saturated carbocycles. The Bertz CT molecular complexity index is 774. The van der Waals surface area contributed by atoms with E-state index < -0.39 is 0 Å². The van der Waals surface area contributed by atoms with Crippen molar-refractivity contribution in [2.24, 2.45) is 0 Å². The minimum absolute atomic E-state index is 0.150. The van der Waals surface area contributed by atoms with E-state index in [1.807, 2.05) is 38.1 Å². The highest BCUT2D eigenvalue weighted by Gasteiger charge is 2.23. The highest BCUT2D eigenvalue weighted by atomic mass is 16.1. The van der Waals surface area contributed by atoms with E-state index in [9.17, 15) is 4.79 Å². The lowest BCUT2D eigenvalue weighted by atomic mass is 10.00. The van der Waals surface area contributed by atoms with Gasteiger partial charge in [0.1, 0.15) is 17.3 Å². The lowest BCUT2D eigenvalue weighted by molar-refractivity contribution is 0.0945. The molecule has 0 spiro atoms. The fourth-order valence-corrected chi connectivity index (χ4v) is 3.64. The molecule has 3 rings (SSSR count). The first-order valence-electron chi connectivity index (χ1n) is 9.53. The minimum Gasteiger partial charge on any atom is -0.354 e. The van der Waals surface area contributed by atoms with Crippen LogP contribution in [0.3, 0.4) is 0 Å². The second-order valence-electron chi connectivity index (χ2n) is 7.08. The number of nitrogens with one attached hydrogen (secondary N) is 1. The van der Waals surface area contributed by atoms with Crippen LogP contribution in [0.2, 0.25) is 0 Å². The van der Waals surface area contributed by atoms with Crippen LogP contribution in [0, 0.1) is 13.8 Å². The maximum atomic E-state index is 12.6. The first kappa shape index (κ1) is 18.4. The first-order valence-corrected chi connectivity index (χ1v) is 9.53. The largest absolute Gasteiger partial charge is 0.354 e. The number of piperidine rings is 1. The number of carbonyl (C=O) groups excluding carboxylic acids is 1. The van der Waals surface area contributed by atoms with Crippen molar-refractivity contribution < 1.29 is 4.79 Å². The third-order valence-corrected chi connectivity index (χ3v) is 4.99. The fraction of sp³-hybridized carbons (Fsp3) is 0.476. The molecule has 5 nitrogen and oxygen atoms in total. The Hall–Kier alpha value is -2.43. The second-order valence-corrected chi connectivity index (χ2v) is 7.08. The van der Waals surface area contributed by atoms with Crippen LogP contribution in [-0.4, -0.2) is 28.5 Å². The van der Waals surface area contributed by atoms with Gasteiger partial charge in [0.15, 0.2) is 0 Å². The van der Waals surface area contributed by atoms with Crippen LogP contribution in [-0.2, 0) is 6.54 Å². The van der Waals surface area contributed by atoms with E-state index in [2.05, 4.69) is 33.2 Å². The fourth-order valence-electron chi connectivity index (χ4n) is 3.64. The normalized spacial score (nSPS) is 17.2. The molecule has 1 aliphatic rings. The number of aromatic nitrogens is 2. The molecule has 138 valence electrons. The Morgan fingerprint density at radius 3 is 2.85 bits per heavy atom. The molecule has 0 radical (unpaired) electrons. The average Bonchev–Trinajstić information content (AvgIpc) is 2.65. The molecule has 1 unspecified atom stereocenters. The predicted molar refractivity (Wildman–Crippen MR) is 104 cm³/mol. The molecule has 0 aliphatic carbocycles. The molecule has 1 aliphatic heterocycles. The standard InChI is InChI=1S/C21H28N4O/c1-4-18-10-5-6-11-25(18)20-13-19(23-16(3)24-20)21(26)22-14-17-9-7-8-15(2)12-17/h7-9,12-13,18H,4-6,10-11,14H2,1-3H3,(H,22,26). The maximum Gasteiger partial charge on any atom is 0.270 e. The molecule has 2 heterocycles. The summed E-state index contributed by atoms with van der Waals surface area (Å²) in [6.07, 6.45) is 4.73. The molecule has 5 heteroatoms. The van der Waals surface area contributed by atoms with Gasteiger partial charge in [0.2, 0.25) is 0 Å². The van der Waals surface area contributed by atoms with Crippen molar-refractivity contribution in [1.29, 1.82) is 0 Å². The smallest absolute Gasteiger partial charge is 0.270 e. The van der Waals surface area contributed by atoms with E-state index in [-0.39, 0.29) is 5.91 Å². The summed E-state index contributed by atoms with van der Waals surface area (Å²) >= 11 is 0. The molecular formula is C21H28N4O. The van der Waals surface area contributed by atoms with Gasteiger partial charge in [0.05, 0.1) is 0 Å². The molecule has 0 bridgehead atoms. The lowest BCUT2D eigenvalue weighted by Gasteiger charge is -2.36. The predicted octanol–water partition coefficient (Wildman–Crippen LogP) is 3.79. The quantitative estimate of drug-likeness (QED) is 0.889. The third-order valence-electron chi connectivity index (χ3n) is 4.99. The molecule has 1 amide bonds. The van der Waals surface area contributed by atoms with Gasteiger partial charge in [-0.1, -0.05) is 36.8 Å². The van der Waals surface area contributed by atoms with Crippen LogP contribution in [0.25, 0.3) is 0 Å². The van der Waals surface area contributed by atoms with Gasteiger partial charge in [0.25, 0.3) is 5.91 Å². The van der Waals surface area contributed by atoms with E-state index in [1.165, 1.54) is 24.8 Å². The van der Waals surface area contributed by atoms with Crippen molar-refractivity contribution >= 4 is 11.7 Å². The molecule has 1 atom stereocenters. The van der Waals surface area contributed by atoms with Crippen molar-refractivity contribution in [3.63, 3.8) is 0 Å². The van der Waals surface area contributed by atoms with Gasteiger partial charge >= 0.3 is 0 Å². The lowest BCUT2D eigenvalue weighted by Crippen LogP contribution is -2.40. The average molecular weight is 352 g/mol. The van der Waals surface area contributed by atoms with Crippen LogP contribution in [0.4, 0.5) is 5.82 Å². The number of nitrogens with zero attached hydrogens (tertiary/aromatic N) is 3. The Morgan fingerprint density at radius 1 is 1.23 bits per heavy atom. The Labute approximate surface area is 155 Å².